The SMILES string of the molecule is CCN1CCN(c2ccc(C(=O)Nc3nc(C)cc(C)n3)cc2F)CC1. The fourth-order valence-electron chi connectivity index (χ4n) is 3.17. The van der Waals surface area contributed by atoms with Crippen molar-refractivity contribution in [1.82, 2.24) is 14.9 Å². The maximum Gasteiger partial charge on any atom is 0.258 e. The summed E-state index contributed by atoms with van der Waals surface area (Å²) in [5.41, 5.74) is 2.32. The van der Waals surface area contributed by atoms with Crippen LogP contribution in [-0.2, 0) is 0 Å². The Morgan fingerprint density at radius 2 is 1.77 bits per heavy atom. The van der Waals surface area contributed by atoms with Gasteiger partial charge < -0.3 is 9.80 Å². The second kappa shape index (κ2) is 7.78. The first-order chi connectivity index (χ1) is 12.5. The molecule has 138 valence electrons. The molecule has 0 radical (unpaired) electrons. The molecule has 0 bridgehead atoms. The standard InChI is InChI=1S/C19H24FN5O/c1-4-24-7-9-25(10-8-24)17-6-5-15(12-16(17)20)18(26)23-19-21-13(2)11-14(3)22-19/h5-6,11-12H,4,7-10H2,1-3H3,(H,21,22,23,26). The van der Waals surface area contributed by atoms with Crippen LogP contribution in [0.15, 0.2) is 24.3 Å². The molecule has 0 saturated carbocycles. The van der Waals surface area contributed by atoms with Gasteiger partial charge in [0.2, 0.25) is 5.95 Å². The number of nitrogens with zero attached hydrogens (tertiary/aromatic N) is 4. The van der Waals surface area contributed by atoms with E-state index >= 15 is 0 Å². The van der Waals surface area contributed by atoms with Crippen LogP contribution in [0.2, 0.25) is 0 Å². The van der Waals surface area contributed by atoms with Crippen LogP contribution in [0, 0.1) is 19.7 Å². The summed E-state index contributed by atoms with van der Waals surface area (Å²) in [5, 5.41) is 2.63. The van der Waals surface area contributed by atoms with Gasteiger partial charge in [-0.1, -0.05) is 6.92 Å². The van der Waals surface area contributed by atoms with Gasteiger partial charge in [0.25, 0.3) is 5.91 Å². The molecule has 2 heterocycles. The zero-order valence-electron chi connectivity index (χ0n) is 15.4. The molecule has 1 saturated heterocycles. The molecule has 3 rings (SSSR count). The molecule has 1 aliphatic rings. The van der Waals surface area contributed by atoms with Gasteiger partial charge in [0.15, 0.2) is 0 Å². The van der Waals surface area contributed by atoms with E-state index in [4.69, 9.17) is 0 Å². The highest BCUT2D eigenvalue weighted by atomic mass is 19.1. The molecule has 0 atom stereocenters. The van der Waals surface area contributed by atoms with Crippen LogP contribution < -0.4 is 10.2 Å². The van der Waals surface area contributed by atoms with E-state index in [-0.39, 0.29) is 17.3 Å². The highest BCUT2D eigenvalue weighted by Gasteiger charge is 2.19. The molecule has 6 nitrogen and oxygen atoms in total. The Labute approximate surface area is 153 Å². The number of nitrogens with one attached hydrogen (secondary N) is 1. The van der Waals surface area contributed by atoms with Crippen LogP contribution in [0.3, 0.4) is 0 Å². The van der Waals surface area contributed by atoms with E-state index in [1.165, 1.54) is 6.07 Å². The maximum atomic E-state index is 14.6. The smallest absolute Gasteiger partial charge is 0.258 e. The van der Waals surface area contributed by atoms with Gasteiger partial charge in [0.1, 0.15) is 5.82 Å². The van der Waals surface area contributed by atoms with Crippen molar-refractivity contribution >= 4 is 17.5 Å². The molecule has 1 fully saturated rings. The average molecular weight is 357 g/mol. The van der Waals surface area contributed by atoms with Crippen LogP contribution in [0.5, 0.6) is 0 Å². The number of aromatic nitrogens is 2. The highest BCUT2D eigenvalue weighted by Crippen LogP contribution is 2.22. The summed E-state index contributed by atoms with van der Waals surface area (Å²) in [6.45, 7) is 10.2. The minimum absolute atomic E-state index is 0.229. The molecule has 0 aliphatic carbocycles. The second-order valence-electron chi connectivity index (χ2n) is 6.52. The third-order valence-electron chi connectivity index (χ3n) is 4.58. The van der Waals surface area contributed by atoms with Crippen LogP contribution in [0.25, 0.3) is 0 Å². The predicted octanol–water partition coefficient (Wildman–Crippen LogP) is 2.63. The lowest BCUT2D eigenvalue weighted by molar-refractivity contribution is 0.102. The Morgan fingerprint density at radius 3 is 2.35 bits per heavy atom. The molecule has 1 amide bonds. The first-order valence-electron chi connectivity index (χ1n) is 8.86. The minimum Gasteiger partial charge on any atom is -0.367 e. The van der Waals surface area contributed by atoms with Crippen LogP contribution in [0.1, 0.15) is 28.7 Å². The number of amides is 1. The predicted molar refractivity (Wildman–Crippen MR) is 100 cm³/mol. The Hall–Kier alpha value is -2.54. The number of carbonyl (C=O) groups excluding carboxylic acids is 1. The number of carbonyl (C=O) groups is 1. The number of likely N-dealkylation sites (N-methyl/N-ethyl adjacent to an activating group) is 1. The van der Waals surface area contributed by atoms with E-state index in [0.717, 1.165) is 44.1 Å². The summed E-state index contributed by atoms with van der Waals surface area (Å²) in [6, 6.07) is 6.42. The summed E-state index contributed by atoms with van der Waals surface area (Å²) in [4.78, 5) is 25.1. The molecule has 7 heteroatoms. The fourth-order valence-corrected chi connectivity index (χ4v) is 3.17. The molecule has 1 aromatic carbocycles. The Balaban J connectivity index is 1.71. The Morgan fingerprint density at radius 1 is 1.12 bits per heavy atom. The molecular weight excluding hydrogens is 333 g/mol. The van der Waals surface area contributed by atoms with Gasteiger partial charge >= 0.3 is 0 Å². The summed E-state index contributed by atoms with van der Waals surface area (Å²) in [6.07, 6.45) is 0. The van der Waals surface area contributed by atoms with Gasteiger partial charge in [0, 0.05) is 43.1 Å². The number of anilines is 2. The van der Waals surface area contributed by atoms with Gasteiger partial charge in [-0.15, -0.1) is 0 Å². The lowest BCUT2D eigenvalue weighted by Crippen LogP contribution is -2.46. The molecular formula is C19H24FN5O. The van der Waals surface area contributed by atoms with Gasteiger partial charge in [-0.05, 0) is 44.7 Å². The summed E-state index contributed by atoms with van der Waals surface area (Å²) in [7, 11) is 0. The number of rotatable bonds is 4. The second-order valence-corrected chi connectivity index (χ2v) is 6.52. The van der Waals surface area contributed by atoms with Gasteiger partial charge in [-0.25, -0.2) is 14.4 Å². The number of piperazine rings is 1. The van der Waals surface area contributed by atoms with Crippen molar-refractivity contribution in [2.45, 2.75) is 20.8 Å². The Bertz CT molecular complexity index is 782. The average Bonchev–Trinajstić information content (AvgIpc) is 2.61. The number of halogens is 1. The molecule has 0 unspecified atom stereocenters. The van der Waals surface area contributed by atoms with E-state index in [2.05, 4.69) is 27.1 Å². The monoisotopic (exact) mass is 357 g/mol. The third kappa shape index (κ3) is 4.16. The topological polar surface area (TPSA) is 61.4 Å². The summed E-state index contributed by atoms with van der Waals surface area (Å²) >= 11 is 0. The van der Waals surface area contributed by atoms with E-state index in [0.29, 0.717) is 5.69 Å². The lowest BCUT2D eigenvalue weighted by atomic mass is 10.1. The van der Waals surface area contributed by atoms with Crippen LogP contribution in [0.4, 0.5) is 16.0 Å². The van der Waals surface area contributed by atoms with E-state index in [1.807, 2.05) is 24.8 Å². The van der Waals surface area contributed by atoms with Crippen molar-refractivity contribution in [3.63, 3.8) is 0 Å². The lowest BCUT2D eigenvalue weighted by Gasteiger charge is -2.35. The van der Waals surface area contributed by atoms with E-state index < -0.39 is 5.91 Å². The molecule has 1 N–H and O–H groups in total. The fraction of sp³-hybridized carbons (Fsp3) is 0.421. The van der Waals surface area contributed by atoms with Crippen LogP contribution in [-0.4, -0.2) is 53.5 Å². The molecule has 2 aromatic rings. The first kappa shape index (κ1) is 18.3. The van der Waals surface area contributed by atoms with Crippen molar-refractivity contribution in [1.29, 1.82) is 0 Å². The van der Waals surface area contributed by atoms with Gasteiger partial charge in [-0.3, -0.25) is 10.1 Å². The third-order valence-corrected chi connectivity index (χ3v) is 4.58. The quantitative estimate of drug-likeness (QED) is 0.911. The summed E-state index contributed by atoms with van der Waals surface area (Å²) < 4.78 is 14.6. The molecule has 0 spiro atoms. The highest BCUT2D eigenvalue weighted by molar-refractivity contribution is 6.03. The number of hydrogen-bond acceptors (Lipinski definition) is 5. The summed E-state index contributed by atoms with van der Waals surface area (Å²) in [5.74, 6) is -0.576. The minimum atomic E-state index is -0.420. The van der Waals surface area contributed by atoms with Crippen molar-refractivity contribution < 1.29 is 9.18 Å². The van der Waals surface area contributed by atoms with Crippen LogP contribution >= 0.6 is 0 Å². The Kier molecular flexibility index (Phi) is 5.46. The van der Waals surface area contributed by atoms with E-state index in [9.17, 15) is 9.18 Å². The van der Waals surface area contributed by atoms with Crippen molar-refractivity contribution in [3.05, 3.63) is 47.0 Å². The zero-order chi connectivity index (χ0) is 18.7. The van der Waals surface area contributed by atoms with Gasteiger partial charge in [-0.2, -0.15) is 0 Å². The van der Waals surface area contributed by atoms with Crippen molar-refractivity contribution in [2.24, 2.45) is 0 Å². The van der Waals surface area contributed by atoms with Crippen molar-refractivity contribution in [3.8, 4) is 0 Å². The normalized spacial score (nSPS) is 15.2. The van der Waals surface area contributed by atoms with Crippen molar-refractivity contribution in [2.75, 3.05) is 42.9 Å². The van der Waals surface area contributed by atoms with Gasteiger partial charge in [0.05, 0.1) is 5.69 Å². The first-order valence-corrected chi connectivity index (χ1v) is 8.86. The molecule has 1 aromatic heterocycles. The number of aryl methyl sites for hydroxylation is 2. The largest absolute Gasteiger partial charge is 0.367 e. The number of hydrogen-bond donors (Lipinski definition) is 1. The number of benzene rings is 1. The van der Waals surface area contributed by atoms with E-state index in [1.54, 1.807) is 12.1 Å². The zero-order valence-corrected chi connectivity index (χ0v) is 15.4. The molecule has 26 heavy (non-hydrogen) atoms. The maximum absolute atomic E-state index is 14.6. The molecule has 1 aliphatic heterocycles.